The Bertz CT molecular complexity index is 1720. The first-order valence-electron chi connectivity index (χ1n) is 12.1. The molecule has 0 bridgehead atoms. The third-order valence-corrected chi connectivity index (χ3v) is 6.50. The maximum absolute atomic E-state index is 13.7. The smallest absolute Gasteiger partial charge is 0.209 e. The zero-order valence-electron chi connectivity index (χ0n) is 19.9. The number of hydrogen-bond acceptors (Lipinski definition) is 3. The average Bonchev–Trinajstić information content (AvgIpc) is 3.37. The normalized spacial score (nSPS) is 10.9. The lowest BCUT2D eigenvalue weighted by Crippen LogP contribution is -2.05. The minimum Gasteiger partial charge on any atom is -0.296 e. The number of nitrogens with zero attached hydrogens (tertiary/aromatic N) is 2. The first-order chi connectivity index (χ1) is 18.2. The van der Waals surface area contributed by atoms with Gasteiger partial charge in [0.05, 0.1) is 16.9 Å². The van der Waals surface area contributed by atoms with Gasteiger partial charge in [-0.2, -0.15) is 0 Å². The number of carbonyl (C=O) groups excluding carboxylic acids is 2. The number of fused-ring (bicyclic) bond motifs is 1. The van der Waals surface area contributed by atoms with Crippen LogP contribution in [0.5, 0.6) is 0 Å². The molecule has 0 amide bonds. The van der Waals surface area contributed by atoms with E-state index >= 15 is 0 Å². The van der Waals surface area contributed by atoms with Gasteiger partial charge in [0.1, 0.15) is 6.33 Å². The summed E-state index contributed by atoms with van der Waals surface area (Å²) in [5.74, 6) is -0.308. The van der Waals surface area contributed by atoms with E-state index in [0.717, 1.165) is 22.4 Å². The van der Waals surface area contributed by atoms with E-state index in [0.29, 0.717) is 27.9 Å². The molecule has 2 heterocycles. The molecular weight excluding hydrogens is 456 g/mol. The lowest BCUT2D eigenvalue weighted by Gasteiger charge is -2.07. The largest absolute Gasteiger partial charge is 0.296 e. The van der Waals surface area contributed by atoms with Gasteiger partial charge in [-0.05, 0) is 23.3 Å². The van der Waals surface area contributed by atoms with Crippen LogP contribution < -0.4 is 0 Å². The fourth-order valence-electron chi connectivity index (χ4n) is 4.56. The molecule has 0 saturated carbocycles. The molecule has 0 aliphatic rings. The van der Waals surface area contributed by atoms with Gasteiger partial charge < -0.3 is 0 Å². The van der Waals surface area contributed by atoms with Crippen LogP contribution >= 0.6 is 0 Å². The Morgan fingerprint density at radius 1 is 0.541 bits per heavy atom. The van der Waals surface area contributed by atoms with Crippen molar-refractivity contribution in [1.82, 2.24) is 9.38 Å². The standard InChI is InChI=1S/C33H22N2O2/c36-32(26-14-8-3-9-15-26)28-20-31(35-22-34-29(21-30(28)35)25-12-6-2-7-13-25)33(37)27-18-16-24(17-19-27)23-10-4-1-5-11-23/h1-22H. The Morgan fingerprint density at radius 3 is 1.73 bits per heavy atom. The fourth-order valence-corrected chi connectivity index (χ4v) is 4.56. The molecular formula is C33H22N2O2. The molecule has 0 N–H and O–H groups in total. The first kappa shape index (κ1) is 22.4. The van der Waals surface area contributed by atoms with Crippen molar-refractivity contribution in [3.63, 3.8) is 0 Å². The number of rotatable bonds is 6. The second kappa shape index (κ2) is 9.51. The van der Waals surface area contributed by atoms with Gasteiger partial charge in [-0.3, -0.25) is 14.0 Å². The number of benzene rings is 4. The summed E-state index contributed by atoms with van der Waals surface area (Å²) in [5, 5.41) is 0. The molecule has 0 atom stereocenters. The number of carbonyl (C=O) groups is 2. The summed E-state index contributed by atoms with van der Waals surface area (Å²) in [5.41, 5.74) is 6.42. The Hall–Kier alpha value is -5.09. The van der Waals surface area contributed by atoms with Crippen molar-refractivity contribution in [2.45, 2.75) is 0 Å². The minimum atomic E-state index is -0.170. The summed E-state index contributed by atoms with van der Waals surface area (Å²) in [6, 6.07) is 40.0. The zero-order chi connectivity index (χ0) is 25.2. The monoisotopic (exact) mass is 478 g/mol. The Kier molecular flexibility index (Phi) is 5.75. The van der Waals surface area contributed by atoms with Crippen LogP contribution in [0.25, 0.3) is 27.9 Å². The van der Waals surface area contributed by atoms with Gasteiger partial charge in [-0.1, -0.05) is 115 Å². The van der Waals surface area contributed by atoms with Gasteiger partial charge in [-0.25, -0.2) is 4.98 Å². The van der Waals surface area contributed by atoms with Crippen LogP contribution in [-0.2, 0) is 0 Å². The van der Waals surface area contributed by atoms with Gasteiger partial charge in [0, 0.05) is 22.3 Å². The predicted molar refractivity (Wildman–Crippen MR) is 146 cm³/mol. The Balaban J connectivity index is 1.46. The van der Waals surface area contributed by atoms with Crippen LogP contribution in [0, 0.1) is 0 Å². The highest BCUT2D eigenvalue weighted by Crippen LogP contribution is 2.27. The maximum Gasteiger partial charge on any atom is 0.209 e. The lowest BCUT2D eigenvalue weighted by atomic mass is 10.0. The van der Waals surface area contributed by atoms with Gasteiger partial charge in [0.25, 0.3) is 0 Å². The van der Waals surface area contributed by atoms with Crippen molar-refractivity contribution >= 4 is 17.1 Å². The number of ketones is 2. The summed E-state index contributed by atoms with van der Waals surface area (Å²) in [4.78, 5) is 31.8. The summed E-state index contributed by atoms with van der Waals surface area (Å²) in [6.07, 6.45) is 1.63. The molecule has 6 rings (SSSR count). The third-order valence-electron chi connectivity index (χ3n) is 6.50. The molecule has 4 aromatic carbocycles. The average molecular weight is 479 g/mol. The zero-order valence-corrected chi connectivity index (χ0v) is 19.9. The van der Waals surface area contributed by atoms with E-state index in [-0.39, 0.29) is 11.6 Å². The van der Waals surface area contributed by atoms with E-state index in [9.17, 15) is 9.59 Å². The molecule has 0 unspecified atom stereocenters. The molecule has 2 aromatic heterocycles. The van der Waals surface area contributed by atoms with E-state index in [2.05, 4.69) is 4.98 Å². The van der Waals surface area contributed by atoms with Crippen LogP contribution in [0.2, 0.25) is 0 Å². The van der Waals surface area contributed by atoms with E-state index in [1.165, 1.54) is 0 Å². The molecule has 37 heavy (non-hydrogen) atoms. The van der Waals surface area contributed by atoms with E-state index in [1.54, 1.807) is 28.9 Å². The second-order valence-electron chi connectivity index (χ2n) is 8.81. The molecule has 4 nitrogen and oxygen atoms in total. The van der Waals surface area contributed by atoms with Crippen LogP contribution in [-0.4, -0.2) is 21.0 Å². The number of aromatic nitrogens is 2. The quantitative estimate of drug-likeness (QED) is 0.239. The highest BCUT2D eigenvalue weighted by Gasteiger charge is 2.22. The van der Waals surface area contributed by atoms with Gasteiger partial charge >= 0.3 is 0 Å². The first-order valence-corrected chi connectivity index (χ1v) is 12.1. The van der Waals surface area contributed by atoms with Gasteiger partial charge in [0.2, 0.25) is 5.78 Å². The SMILES string of the molecule is O=C(c1ccccc1)c1cc(C(=O)c2ccc(-c3ccccc3)cc2)n2cnc(-c3ccccc3)cc12. The van der Waals surface area contributed by atoms with E-state index in [4.69, 9.17) is 0 Å². The highest BCUT2D eigenvalue weighted by molar-refractivity contribution is 6.17. The van der Waals surface area contributed by atoms with E-state index < -0.39 is 0 Å². The third kappa shape index (κ3) is 4.26. The lowest BCUT2D eigenvalue weighted by molar-refractivity contribution is 0.103. The Morgan fingerprint density at radius 2 is 1.08 bits per heavy atom. The van der Waals surface area contributed by atoms with Crippen molar-refractivity contribution in [2.24, 2.45) is 0 Å². The minimum absolute atomic E-state index is 0.137. The van der Waals surface area contributed by atoms with E-state index in [1.807, 2.05) is 109 Å². The summed E-state index contributed by atoms with van der Waals surface area (Å²) >= 11 is 0. The van der Waals surface area contributed by atoms with Crippen LogP contribution in [0.15, 0.2) is 134 Å². The van der Waals surface area contributed by atoms with Crippen LogP contribution in [0.1, 0.15) is 32.0 Å². The molecule has 0 aliphatic carbocycles. The molecule has 176 valence electrons. The molecule has 0 saturated heterocycles. The molecule has 6 aromatic rings. The second-order valence-corrected chi connectivity index (χ2v) is 8.81. The van der Waals surface area contributed by atoms with Crippen LogP contribution in [0.4, 0.5) is 0 Å². The summed E-state index contributed by atoms with van der Waals surface area (Å²) in [6.45, 7) is 0. The van der Waals surface area contributed by atoms with Gasteiger partial charge in [0.15, 0.2) is 5.78 Å². The number of hydrogen-bond donors (Lipinski definition) is 0. The molecule has 0 aliphatic heterocycles. The van der Waals surface area contributed by atoms with Crippen LogP contribution in [0.3, 0.4) is 0 Å². The molecule has 0 radical (unpaired) electrons. The topological polar surface area (TPSA) is 51.4 Å². The fraction of sp³-hybridized carbons (Fsp3) is 0. The summed E-state index contributed by atoms with van der Waals surface area (Å²) in [7, 11) is 0. The van der Waals surface area contributed by atoms with Gasteiger partial charge in [-0.15, -0.1) is 0 Å². The molecule has 4 heteroatoms. The van der Waals surface area contributed by atoms with Crippen molar-refractivity contribution in [3.05, 3.63) is 156 Å². The highest BCUT2D eigenvalue weighted by atomic mass is 16.1. The Labute approximate surface area is 214 Å². The molecule has 0 spiro atoms. The predicted octanol–water partition coefficient (Wildman–Crippen LogP) is 7.13. The van der Waals surface area contributed by atoms with Crippen molar-refractivity contribution in [3.8, 4) is 22.4 Å². The van der Waals surface area contributed by atoms with Crippen molar-refractivity contribution < 1.29 is 9.59 Å². The maximum atomic E-state index is 13.7. The van der Waals surface area contributed by atoms with Crippen molar-refractivity contribution in [1.29, 1.82) is 0 Å². The summed E-state index contributed by atoms with van der Waals surface area (Å²) < 4.78 is 1.72. The molecule has 0 fully saturated rings. The van der Waals surface area contributed by atoms with Crippen molar-refractivity contribution in [2.75, 3.05) is 0 Å².